The average molecular weight is 345 g/mol. The highest BCUT2D eigenvalue weighted by Crippen LogP contribution is 2.30. The van der Waals surface area contributed by atoms with E-state index in [0.717, 1.165) is 31.5 Å². The highest BCUT2D eigenvalue weighted by molar-refractivity contribution is 5.88. The number of carbonyl (C=O) groups is 2. The predicted octanol–water partition coefficient (Wildman–Crippen LogP) is 1.31. The Labute approximate surface area is 148 Å². The maximum atomic E-state index is 12.6. The minimum atomic E-state index is -0.338. The van der Waals surface area contributed by atoms with Gasteiger partial charge in [0.25, 0.3) is 0 Å². The highest BCUT2D eigenvalue weighted by Gasteiger charge is 2.33. The van der Waals surface area contributed by atoms with Gasteiger partial charge in [-0.05, 0) is 43.0 Å². The Morgan fingerprint density at radius 1 is 1.28 bits per heavy atom. The lowest BCUT2D eigenvalue weighted by Crippen LogP contribution is -2.56. The van der Waals surface area contributed by atoms with Crippen molar-refractivity contribution in [3.05, 3.63) is 29.8 Å². The molecule has 2 aliphatic heterocycles. The molecule has 2 aliphatic rings. The minimum absolute atomic E-state index is 0.0314. The van der Waals surface area contributed by atoms with E-state index in [-0.39, 0.29) is 24.3 Å². The molecule has 0 radical (unpaired) electrons. The molecular weight excluding hydrogens is 318 g/mol. The first-order valence-corrected chi connectivity index (χ1v) is 9.17. The number of phenols is 1. The predicted molar refractivity (Wildman–Crippen MR) is 95.3 cm³/mol. The lowest BCUT2D eigenvalue weighted by Gasteiger charge is -2.37. The molecule has 2 N–H and O–H groups in total. The summed E-state index contributed by atoms with van der Waals surface area (Å²) < 4.78 is 0. The van der Waals surface area contributed by atoms with Crippen molar-refractivity contribution in [2.75, 3.05) is 32.7 Å². The van der Waals surface area contributed by atoms with Crippen molar-refractivity contribution in [2.45, 2.75) is 38.1 Å². The first kappa shape index (κ1) is 17.7. The van der Waals surface area contributed by atoms with Crippen molar-refractivity contribution < 1.29 is 14.7 Å². The van der Waals surface area contributed by atoms with Gasteiger partial charge < -0.3 is 15.3 Å². The van der Waals surface area contributed by atoms with Crippen molar-refractivity contribution in [3.63, 3.8) is 0 Å². The Morgan fingerprint density at radius 3 is 2.72 bits per heavy atom. The van der Waals surface area contributed by atoms with E-state index < -0.39 is 0 Å². The Kier molecular flexibility index (Phi) is 5.58. The number of benzene rings is 1. The number of hydrogen-bond donors (Lipinski definition) is 2. The summed E-state index contributed by atoms with van der Waals surface area (Å²) in [5.41, 5.74) is 1.14. The molecule has 0 aliphatic carbocycles. The van der Waals surface area contributed by atoms with Gasteiger partial charge in [-0.15, -0.1) is 0 Å². The SMILES string of the molecule is CCN1CCNC(=O)C1CC(=O)N1CCC(c2cccc(O)c2)CC1. The molecule has 0 saturated carbocycles. The number of carbonyl (C=O) groups excluding carboxylic acids is 2. The molecule has 0 spiro atoms. The molecule has 0 bridgehead atoms. The van der Waals surface area contributed by atoms with Gasteiger partial charge in [0, 0.05) is 26.2 Å². The lowest BCUT2D eigenvalue weighted by atomic mass is 9.89. The highest BCUT2D eigenvalue weighted by atomic mass is 16.3. The molecule has 2 amide bonds. The van der Waals surface area contributed by atoms with Crippen LogP contribution in [0.1, 0.15) is 37.7 Å². The molecule has 1 aromatic carbocycles. The van der Waals surface area contributed by atoms with Crippen molar-refractivity contribution in [1.82, 2.24) is 15.1 Å². The summed E-state index contributed by atoms with van der Waals surface area (Å²) in [6.45, 7) is 5.69. The summed E-state index contributed by atoms with van der Waals surface area (Å²) in [6.07, 6.45) is 2.05. The Morgan fingerprint density at radius 2 is 2.04 bits per heavy atom. The fraction of sp³-hybridized carbons (Fsp3) is 0.579. The van der Waals surface area contributed by atoms with Crippen LogP contribution in [0.15, 0.2) is 24.3 Å². The third-order valence-corrected chi connectivity index (χ3v) is 5.41. The maximum absolute atomic E-state index is 12.6. The van der Waals surface area contributed by atoms with Crippen LogP contribution in [-0.2, 0) is 9.59 Å². The van der Waals surface area contributed by atoms with Crippen LogP contribution < -0.4 is 5.32 Å². The Hall–Kier alpha value is -2.08. The first-order valence-electron chi connectivity index (χ1n) is 9.17. The number of hydrogen-bond acceptors (Lipinski definition) is 4. The number of phenolic OH excluding ortho intramolecular Hbond substituents is 1. The van der Waals surface area contributed by atoms with Gasteiger partial charge >= 0.3 is 0 Å². The zero-order chi connectivity index (χ0) is 17.8. The number of aromatic hydroxyl groups is 1. The van der Waals surface area contributed by atoms with Gasteiger partial charge in [-0.25, -0.2) is 0 Å². The smallest absolute Gasteiger partial charge is 0.237 e. The van der Waals surface area contributed by atoms with Gasteiger partial charge in [-0.3, -0.25) is 14.5 Å². The molecule has 6 nitrogen and oxygen atoms in total. The monoisotopic (exact) mass is 345 g/mol. The lowest BCUT2D eigenvalue weighted by molar-refractivity contribution is -0.139. The fourth-order valence-electron chi connectivity index (χ4n) is 3.90. The molecule has 2 heterocycles. The van der Waals surface area contributed by atoms with Gasteiger partial charge in [0.05, 0.1) is 12.5 Å². The topological polar surface area (TPSA) is 72.9 Å². The Bertz CT molecular complexity index is 626. The third kappa shape index (κ3) is 4.12. The van der Waals surface area contributed by atoms with Crippen LogP contribution in [0.4, 0.5) is 0 Å². The van der Waals surface area contributed by atoms with Crippen LogP contribution >= 0.6 is 0 Å². The second-order valence-electron chi connectivity index (χ2n) is 6.89. The number of likely N-dealkylation sites (tertiary alicyclic amines) is 1. The van der Waals surface area contributed by atoms with Crippen LogP contribution in [0.3, 0.4) is 0 Å². The average Bonchev–Trinajstić information content (AvgIpc) is 2.63. The van der Waals surface area contributed by atoms with Crippen LogP contribution in [0.5, 0.6) is 5.75 Å². The number of rotatable bonds is 4. The number of piperazine rings is 1. The molecule has 136 valence electrons. The van der Waals surface area contributed by atoms with Crippen LogP contribution in [0.25, 0.3) is 0 Å². The quantitative estimate of drug-likeness (QED) is 0.863. The van der Waals surface area contributed by atoms with Crippen LogP contribution in [0.2, 0.25) is 0 Å². The number of nitrogens with one attached hydrogen (secondary N) is 1. The first-order chi connectivity index (χ1) is 12.1. The van der Waals surface area contributed by atoms with Crippen LogP contribution in [0, 0.1) is 0 Å². The summed E-state index contributed by atoms with van der Waals surface area (Å²) in [5, 5.41) is 12.5. The number of likely N-dealkylation sites (N-methyl/N-ethyl adjacent to an activating group) is 1. The number of piperidine rings is 1. The molecular formula is C19H27N3O3. The molecule has 6 heteroatoms. The molecule has 0 aromatic heterocycles. The van der Waals surface area contributed by atoms with E-state index >= 15 is 0 Å². The Balaban J connectivity index is 1.55. The summed E-state index contributed by atoms with van der Waals surface area (Å²) >= 11 is 0. The number of amides is 2. The standard InChI is InChI=1S/C19H27N3O3/c1-2-21-11-8-20-19(25)17(21)13-18(24)22-9-6-14(7-10-22)15-4-3-5-16(23)12-15/h3-5,12,14,17,23H,2,6-11,13H2,1H3,(H,20,25). The fourth-order valence-corrected chi connectivity index (χ4v) is 3.90. The summed E-state index contributed by atoms with van der Waals surface area (Å²) in [7, 11) is 0. The maximum Gasteiger partial charge on any atom is 0.237 e. The third-order valence-electron chi connectivity index (χ3n) is 5.41. The molecule has 1 atom stereocenters. The van der Waals surface area contributed by atoms with Gasteiger partial charge in [-0.1, -0.05) is 19.1 Å². The van der Waals surface area contributed by atoms with Crippen molar-refractivity contribution in [3.8, 4) is 5.75 Å². The molecule has 2 saturated heterocycles. The van der Waals surface area contributed by atoms with Crippen LogP contribution in [-0.4, -0.2) is 65.5 Å². The van der Waals surface area contributed by atoms with E-state index in [1.54, 1.807) is 6.07 Å². The zero-order valence-electron chi connectivity index (χ0n) is 14.8. The van der Waals surface area contributed by atoms with E-state index in [4.69, 9.17) is 0 Å². The van der Waals surface area contributed by atoms with Crippen molar-refractivity contribution in [1.29, 1.82) is 0 Å². The zero-order valence-corrected chi connectivity index (χ0v) is 14.8. The molecule has 3 rings (SSSR count). The second kappa shape index (κ2) is 7.87. The molecule has 1 unspecified atom stereocenters. The van der Waals surface area contributed by atoms with Gasteiger partial charge in [-0.2, -0.15) is 0 Å². The summed E-state index contributed by atoms with van der Waals surface area (Å²) in [5.74, 6) is 0.700. The van der Waals surface area contributed by atoms with Crippen molar-refractivity contribution >= 4 is 11.8 Å². The van der Waals surface area contributed by atoms with Gasteiger partial charge in [0.2, 0.25) is 11.8 Å². The van der Waals surface area contributed by atoms with E-state index in [0.29, 0.717) is 31.3 Å². The minimum Gasteiger partial charge on any atom is -0.508 e. The van der Waals surface area contributed by atoms with Gasteiger partial charge in [0.15, 0.2) is 0 Å². The normalized spacial score (nSPS) is 22.7. The van der Waals surface area contributed by atoms with Gasteiger partial charge in [0.1, 0.15) is 5.75 Å². The number of nitrogens with zero attached hydrogens (tertiary/aromatic N) is 2. The molecule has 2 fully saturated rings. The second-order valence-corrected chi connectivity index (χ2v) is 6.89. The van der Waals surface area contributed by atoms with E-state index in [9.17, 15) is 14.7 Å². The molecule has 25 heavy (non-hydrogen) atoms. The van der Waals surface area contributed by atoms with Crippen molar-refractivity contribution in [2.24, 2.45) is 0 Å². The van der Waals surface area contributed by atoms with E-state index in [1.165, 1.54) is 0 Å². The summed E-state index contributed by atoms with van der Waals surface area (Å²) in [6, 6.07) is 7.05. The molecule has 1 aromatic rings. The largest absolute Gasteiger partial charge is 0.508 e. The summed E-state index contributed by atoms with van der Waals surface area (Å²) in [4.78, 5) is 28.7. The van der Waals surface area contributed by atoms with E-state index in [1.807, 2.05) is 30.0 Å². The van der Waals surface area contributed by atoms with E-state index in [2.05, 4.69) is 10.2 Å².